The number of benzene rings is 1. The number of fused-ring (bicyclic) bond motifs is 1. The molecule has 0 saturated carbocycles. The van der Waals surface area contributed by atoms with E-state index >= 15 is 0 Å². The summed E-state index contributed by atoms with van der Waals surface area (Å²) in [7, 11) is -1.80. The van der Waals surface area contributed by atoms with E-state index in [2.05, 4.69) is 25.6 Å². The molecule has 2 rings (SSSR count). The van der Waals surface area contributed by atoms with Crippen molar-refractivity contribution in [2.24, 2.45) is 0 Å². The van der Waals surface area contributed by atoms with Crippen molar-refractivity contribution in [1.29, 1.82) is 0 Å². The lowest BCUT2D eigenvalue weighted by Gasteiger charge is -2.42. The molecule has 0 spiro atoms. The standard InChI is InChI=1S/C14H16O2Si/c1-5-14(17(2,3)4)10-12(15)11-8-6-7-9-13(11)16-14/h1,6-9H,10H2,2-4H3. The van der Waals surface area contributed by atoms with E-state index in [0.29, 0.717) is 17.7 Å². The lowest BCUT2D eigenvalue weighted by Crippen LogP contribution is -2.58. The Morgan fingerprint density at radius 3 is 2.59 bits per heavy atom. The normalized spacial score (nSPS) is 23.5. The van der Waals surface area contributed by atoms with Crippen molar-refractivity contribution in [2.75, 3.05) is 0 Å². The molecule has 0 aliphatic carbocycles. The molecule has 1 aromatic rings. The summed E-state index contributed by atoms with van der Waals surface area (Å²) in [6, 6.07) is 7.32. The van der Waals surface area contributed by atoms with Crippen LogP contribution in [0.15, 0.2) is 24.3 Å². The first-order valence-electron chi connectivity index (χ1n) is 5.69. The topological polar surface area (TPSA) is 26.3 Å². The minimum atomic E-state index is -1.80. The Kier molecular flexibility index (Phi) is 2.63. The highest BCUT2D eigenvalue weighted by Crippen LogP contribution is 2.38. The quantitative estimate of drug-likeness (QED) is 0.561. The third kappa shape index (κ3) is 1.79. The molecule has 1 atom stereocenters. The molecule has 0 N–H and O–H groups in total. The molecule has 88 valence electrons. The number of ketones is 1. The van der Waals surface area contributed by atoms with E-state index in [-0.39, 0.29) is 5.78 Å². The molecule has 1 aliphatic rings. The van der Waals surface area contributed by atoms with Crippen molar-refractivity contribution in [3.8, 4) is 18.1 Å². The molecule has 1 heterocycles. The lowest BCUT2D eigenvalue weighted by molar-refractivity contribution is 0.0848. The van der Waals surface area contributed by atoms with Gasteiger partial charge in [-0.15, -0.1) is 6.42 Å². The Hall–Kier alpha value is -1.53. The number of rotatable bonds is 1. The van der Waals surface area contributed by atoms with Crippen LogP contribution in [0, 0.1) is 12.3 Å². The second-order valence-electron chi connectivity index (χ2n) is 5.42. The Morgan fingerprint density at radius 1 is 1.35 bits per heavy atom. The molecule has 0 saturated heterocycles. The number of para-hydroxylation sites is 1. The highest BCUT2D eigenvalue weighted by Gasteiger charge is 2.49. The average molecular weight is 244 g/mol. The van der Waals surface area contributed by atoms with Crippen LogP contribution in [0.4, 0.5) is 0 Å². The van der Waals surface area contributed by atoms with Crippen LogP contribution < -0.4 is 4.74 Å². The van der Waals surface area contributed by atoms with Crippen LogP contribution in [0.3, 0.4) is 0 Å². The third-order valence-corrected chi connectivity index (χ3v) is 6.17. The van der Waals surface area contributed by atoms with Crippen LogP contribution in [-0.2, 0) is 0 Å². The summed E-state index contributed by atoms with van der Waals surface area (Å²) in [6.45, 7) is 6.40. The number of Topliss-reactive ketones (excluding diaryl/α,β-unsaturated/α-hetero) is 1. The van der Waals surface area contributed by atoms with Crippen LogP contribution in [0.1, 0.15) is 16.8 Å². The van der Waals surface area contributed by atoms with E-state index in [1.54, 1.807) is 6.07 Å². The van der Waals surface area contributed by atoms with Gasteiger partial charge in [0, 0.05) is 0 Å². The molecule has 1 unspecified atom stereocenters. The van der Waals surface area contributed by atoms with Crippen LogP contribution in [0.5, 0.6) is 5.75 Å². The van der Waals surface area contributed by atoms with Crippen LogP contribution in [0.25, 0.3) is 0 Å². The Morgan fingerprint density at radius 2 is 2.00 bits per heavy atom. The first-order valence-corrected chi connectivity index (χ1v) is 9.19. The molecule has 2 nitrogen and oxygen atoms in total. The predicted octanol–water partition coefficient (Wildman–Crippen LogP) is 2.90. The van der Waals surface area contributed by atoms with Crippen LogP contribution in [-0.4, -0.2) is 19.1 Å². The maximum absolute atomic E-state index is 12.2. The van der Waals surface area contributed by atoms with Gasteiger partial charge in [-0.3, -0.25) is 4.79 Å². The summed E-state index contributed by atoms with van der Waals surface area (Å²) < 4.78 is 6.01. The largest absolute Gasteiger partial charge is 0.478 e. The number of terminal acetylenes is 1. The zero-order chi connectivity index (χ0) is 12.7. The fourth-order valence-corrected chi connectivity index (χ4v) is 3.59. The third-order valence-electron chi connectivity index (χ3n) is 3.33. The number of carbonyl (C=O) groups is 1. The minimum absolute atomic E-state index is 0.0900. The van der Waals surface area contributed by atoms with Gasteiger partial charge >= 0.3 is 0 Å². The monoisotopic (exact) mass is 244 g/mol. The molecule has 0 fully saturated rings. The molecule has 0 aromatic heterocycles. The lowest BCUT2D eigenvalue weighted by atomic mass is 10.0. The minimum Gasteiger partial charge on any atom is -0.478 e. The van der Waals surface area contributed by atoms with Gasteiger partial charge in [0.1, 0.15) is 13.8 Å². The fraction of sp³-hybridized carbons (Fsp3) is 0.357. The van der Waals surface area contributed by atoms with Gasteiger partial charge < -0.3 is 4.74 Å². The van der Waals surface area contributed by atoms with E-state index in [1.807, 2.05) is 18.2 Å². The molecule has 1 aromatic carbocycles. The van der Waals surface area contributed by atoms with E-state index < -0.39 is 13.3 Å². The van der Waals surface area contributed by atoms with Gasteiger partial charge in [-0.25, -0.2) is 0 Å². The van der Waals surface area contributed by atoms with Crippen molar-refractivity contribution in [3.05, 3.63) is 29.8 Å². The summed E-state index contributed by atoms with van der Waals surface area (Å²) in [5.74, 6) is 3.47. The average Bonchev–Trinajstić information content (AvgIpc) is 2.27. The first-order chi connectivity index (χ1) is 7.89. The van der Waals surface area contributed by atoms with Gasteiger partial charge in [0.25, 0.3) is 0 Å². The van der Waals surface area contributed by atoms with E-state index in [0.717, 1.165) is 0 Å². The molecule has 0 radical (unpaired) electrons. The van der Waals surface area contributed by atoms with Crippen LogP contribution >= 0.6 is 0 Å². The van der Waals surface area contributed by atoms with Gasteiger partial charge in [0.2, 0.25) is 0 Å². The smallest absolute Gasteiger partial charge is 0.171 e. The Labute approximate surface area is 103 Å². The van der Waals surface area contributed by atoms with Crippen molar-refractivity contribution in [3.63, 3.8) is 0 Å². The molecule has 17 heavy (non-hydrogen) atoms. The van der Waals surface area contributed by atoms with Crippen molar-refractivity contribution in [1.82, 2.24) is 0 Å². The molecule has 0 amide bonds. The Bertz CT molecular complexity index is 508. The van der Waals surface area contributed by atoms with Gasteiger partial charge in [-0.05, 0) is 12.1 Å². The molecular formula is C14H16O2Si. The number of ether oxygens (including phenoxy) is 1. The van der Waals surface area contributed by atoms with E-state index in [9.17, 15) is 4.79 Å². The van der Waals surface area contributed by atoms with Gasteiger partial charge in [0.05, 0.1) is 12.0 Å². The SMILES string of the molecule is C#CC1([Si](C)(C)C)CC(=O)c2ccccc2O1. The van der Waals surface area contributed by atoms with Crippen molar-refractivity contribution < 1.29 is 9.53 Å². The predicted molar refractivity (Wildman–Crippen MR) is 70.9 cm³/mol. The summed E-state index contributed by atoms with van der Waals surface area (Å²) in [6.07, 6.45) is 5.95. The summed E-state index contributed by atoms with van der Waals surface area (Å²) >= 11 is 0. The van der Waals surface area contributed by atoms with Gasteiger partial charge in [0.15, 0.2) is 11.0 Å². The van der Waals surface area contributed by atoms with Crippen LogP contribution in [0.2, 0.25) is 19.6 Å². The van der Waals surface area contributed by atoms with E-state index in [1.165, 1.54) is 0 Å². The maximum atomic E-state index is 12.2. The van der Waals surface area contributed by atoms with Crippen molar-refractivity contribution >= 4 is 13.9 Å². The summed E-state index contributed by atoms with van der Waals surface area (Å²) in [5.41, 5.74) is 0.650. The Balaban J connectivity index is 2.53. The highest BCUT2D eigenvalue weighted by molar-refractivity contribution is 6.80. The highest BCUT2D eigenvalue weighted by atomic mass is 28.3. The van der Waals surface area contributed by atoms with Gasteiger partial charge in [-0.2, -0.15) is 0 Å². The van der Waals surface area contributed by atoms with E-state index in [4.69, 9.17) is 11.2 Å². The fourth-order valence-electron chi connectivity index (χ4n) is 2.05. The summed E-state index contributed by atoms with van der Waals surface area (Å²) in [4.78, 5) is 12.2. The number of hydrogen-bond donors (Lipinski definition) is 0. The molecule has 3 heteroatoms. The second-order valence-corrected chi connectivity index (χ2v) is 10.7. The van der Waals surface area contributed by atoms with Gasteiger partial charge in [-0.1, -0.05) is 37.7 Å². The first kappa shape index (κ1) is 11.9. The summed E-state index contributed by atoms with van der Waals surface area (Å²) in [5, 5.41) is -0.710. The zero-order valence-corrected chi connectivity index (χ0v) is 11.4. The molecular weight excluding hydrogens is 228 g/mol. The maximum Gasteiger partial charge on any atom is 0.171 e. The molecule has 1 aliphatic heterocycles. The second kappa shape index (κ2) is 3.75. The zero-order valence-electron chi connectivity index (χ0n) is 10.4. The number of hydrogen-bond acceptors (Lipinski definition) is 2. The molecule has 0 bridgehead atoms. The van der Waals surface area contributed by atoms with Crippen molar-refractivity contribution in [2.45, 2.75) is 31.3 Å². The number of carbonyl (C=O) groups excluding carboxylic acids is 1.